The number of ether oxygens (including phenoxy) is 3. The number of anilines is 2. The number of amides is 1. The van der Waals surface area contributed by atoms with Gasteiger partial charge in [0.05, 0.1) is 25.6 Å². The van der Waals surface area contributed by atoms with E-state index in [-0.39, 0.29) is 6.09 Å². The van der Waals surface area contributed by atoms with E-state index in [1.807, 2.05) is 26.8 Å². The molecule has 0 bridgehead atoms. The number of benzene rings is 1. The number of carbonyl (C=O) groups excluding carboxylic acids is 1. The van der Waals surface area contributed by atoms with E-state index in [0.29, 0.717) is 24.6 Å². The standard InChI is InChI=1S/C15H22N2O4/c1-15(2,3)21-14(18)17-7-6-16-10-8-12(19-4)13(20-5)9-11(10)17/h8-9,16H,6-7H2,1-5H3. The molecule has 6 nitrogen and oxygen atoms in total. The summed E-state index contributed by atoms with van der Waals surface area (Å²) >= 11 is 0. The van der Waals surface area contributed by atoms with Crippen molar-refractivity contribution in [1.29, 1.82) is 0 Å². The van der Waals surface area contributed by atoms with Crippen LogP contribution in [0.3, 0.4) is 0 Å². The van der Waals surface area contributed by atoms with Gasteiger partial charge in [0.25, 0.3) is 0 Å². The Labute approximate surface area is 125 Å². The predicted octanol–water partition coefficient (Wildman–Crippen LogP) is 2.87. The van der Waals surface area contributed by atoms with Crippen LogP contribution >= 0.6 is 0 Å². The van der Waals surface area contributed by atoms with Gasteiger partial charge in [-0.25, -0.2) is 4.79 Å². The van der Waals surface area contributed by atoms with Crippen LogP contribution in [0, 0.1) is 0 Å². The Bertz CT molecular complexity index is 537. The van der Waals surface area contributed by atoms with E-state index >= 15 is 0 Å². The van der Waals surface area contributed by atoms with Crippen LogP contribution < -0.4 is 19.7 Å². The van der Waals surface area contributed by atoms with Crippen LogP contribution in [0.15, 0.2) is 12.1 Å². The minimum Gasteiger partial charge on any atom is -0.493 e. The minimum atomic E-state index is -0.529. The summed E-state index contributed by atoms with van der Waals surface area (Å²) in [7, 11) is 3.15. The van der Waals surface area contributed by atoms with Crippen molar-refractivity contribution < 1.29 is 19.0 Å². The number of nitrogens with zero attached hydrogens (tertiary/aromatic N) is 1. The van der Waals surface area contributed by atoms with Gasteiger partial charge in [-0.15, -0.1) is 0 Å². The average molecular weight is 294 g/mol. The van der Waals surface area contributed by atoms with Crippen LogP contribution in [0.5, 0.6) is 11.5 Å². The lowest BCUT2D eigenvalue weighted by Gasteiger charge is -2.32. The van der Waals surface area contributed by atoms with Gasteiger partial charge in [0.1, 0.15) is 5.60 Å². The number of hydrogen-bond donors (Lipinski definition) is 1. The Morgan fingerprint density at radius 3 is 2.38 bits per heavy atom. The highest BCUT2D eigenvalue weighted by molar-refractivity contribution is 5.94. The van der Waals surface area contributed by atoms with E-state index in [9.17, 15) is 4.79 Å². The number of carbonyl (C=O) groups is 1. The van der Waals surface area contributed by atoms with Crippen LogP contribution in [0.25, 0.3) is 0 Å². The summed E-state index contributed by atoms with van der Waals surface area (Å²) in [4.78, 5) is 13.9. The Morgan fingerprint density at radius 2 is 1.81 bits per heavy atom. The topological polar surface area (TPSA) is 60.0 Å². The maximum atomic E-state index is 12.3. The van der Waals surface area contributed by atoms with Gasteiger partial charge in [-0.05, 0) is 20.8 Å². The Balaban J connectivity index is 2.36. The molecule has 1 aliphatic heterocycles. The lowest BCUT2D eigenvalue weighted by Crippen LogP contribution is -2.42. The first-order chi connectivity index (χ1) is 9.85. The molecule has 1 amide bonds. The Hall–Kier alpha value is -2.11. The van der Waals surface area contributed by atoms with E-state index < -0.39 is 5.60 Å². The fraction of sp³-hybridized carbons (Fsp3) is 0.533. The molecule has 0 radical (unpaired) electrons. The summed E-state index contributed by atoms with van der Waals surface area (Å²) in [6, 6.07) is 3.61. The van der Waals surface area contributed by atoms with E-state index in [1.165, 1.54) is 0 Å². The van der Waals surface area contributed by atoms with Crippen molar-refractivity contribution in [1.82, 2.24) is 0 Å². The van der Waals surface area contributed by atoms with Crippen molar-refractivity contribution in [2.45, 2.75) is 26.4 Å². The van der Waals surface area contributed by atoms with Crippen molar-refractivity contribution in [3.63, 3.8) is 0 Å². The number of nitrogens with one attached hydrogen (secondary N) is 1. The molecule has 0 atom stereocenters. The number of methoxy groups -OCH3 is 2. The smallest absolute Gasteiger partial charge is 0.414 e. The van der Waals surface area contributed by atoms with E-state index in [2.05, 4.69) is 5.32 Å². The zero-order chi connectivity index (χ0) is 15.6. The molecule has 1 aromatic carbocycles. The summed E-state index contributed by atoms with van der Waals surface area (Å²) in [6.45, 7) is 6.74. The number of hydrogen-bond acceptors (Lipinski definition) is 5. The fourth-order valence-electron chi connectivity index (χ4n) is 2.16. The predicted molar refractivity (Wildman–Crippen MR) is 81.6 cm³/mol. The summed E-state index contributed by atoms with van der Waals surface area (Å²) < 4.78 is 16.0. The number of fused-ring (bicyclic) bond motifs is 1. The van der Waals surface area contributed by atoms with Crippen molar-refractivity contribution in [2.24, 2.45) is 0 Å². The lowest BCUT2D eigenvalue weighted by atomic mass is 10.1. The van der Waals surface area contributed by atoms with Gasteiger partial charge >= 0.3 is 6.09 Å². The molecule has 1 heterocycles. The van der Waals surface area contributed by atoms with Crippen LogP contribution in [0.4, 0.5) is 16.2 Å². The number of rotatable bonds is 2. The van der Waals surface area contributed by atoms with Crippen LogP contribution in [-0.4, -0.2) is 39.0 Å². The molecule has 0 saturated carbocycles. The van der Waals surface area contributed by atoms with Gasteiger partial charge in [-0.1, -0.05) is 0 Å². The molecule has 0 fully saturated rings. The van der Waals surface area contributed by atoms with Crippen LogP contribution in [-0.2, 0) is 4.74 Å². The third-order valence-electron chi connectivity index (χ3n) is 3.06. The van der Waals surface area contributed by atoms with Gasteiger partial charge in [0.2, 0.25) is 0 Å². The summed E-state index contributed by atoms with van der Waals surface area (Å²) in [6.07, 6.45) is -0.363. The third-order valence-corrected chi connectivity index (χ3v) is 3.06. The maximum Gasteiger partial charge on any atom is 0.414 e. The molecule has 0 aliphatic carbocycles. The molecule has 116 valence electrons. The van der Waals surface area contributed by atoms with Crippen molar-refractivity contribution in [2.75, 3.05) is 37.5 Å². The monoisotopic (exact) mass is 294 g/mol. The second kappa shape index (κ2) is 5.71. The zero-order valence-electron chi connectivity index (χ0n) is 13.1. The van der Waals surface area contributed by atoms with E-state index in [4.69, 9.17) is 14.2 Å². The molecule has 1 N–H and O–H groups in total. The second-order valence-electron chi connectivity index (χ2n) is 5.78. The first-order valence-corrected chi connectivity index (χ1v) is 6.86. The highest BCUT2D eigenvalue weighted by Crippen LogP contribution is 2.40. The van der Waals surface area contributed by atoms with Crippen LogP contribution in [0.1, 0.15) is 20.8 Å². The summed E-state index contributed by atoms with van der Waals surface area (Å²) in [5.41, 5.74) is 1.02. The zero-order valence-corrected chi connectivity index (χ0v) is 13.1. The molecule has 0 unspecified atom stereocenters. The Morgan fingerprint density at radius 1 is 1.19 bits per heavy atom. The molecule has 0 saturated heterocycles. The molecule has 1 aliphatic rings. The van der Waals surface area contributed by atoms with Crippen LogP contribution in [0.2, 0.25) is 0 Å². The fourth-order valence-corrected chi connectivity index (χ4v) is 2.16. The largest absolute Gasteiger partial charge is 0.493 e. The molecular weight excluding hydrogens is 272 g/mol. The van der Waals surface area contributed by atoms with Gasteiger partial charge in [-0.2, -0.15) is 0 Å². The highest BCUT2D eigenvalue weighted by atomic mass is 16.6. The van der Waals surface area contributed by atoms with Gasteiger partial charge in [0, 0.05) is 25.2 Å². The van der Waals surface area contributed by atoms with E-state index in [1.54, 1.807) is 25.2 Å². The molecule has 0 spiro atoms. The first-order valence-electron chi connectivity index (χ1n) is 6.86. The molecule has 21 heavy (non-hydrogen) atoms. The molecule has 0 aromatic heterocycles. The first kappa shape index (κ1) is 15.3. The maximum absolute atomic E-state index is 12.3. The molecule has 6 heteroatoms. The molecular formula is C15H22N2O4. The Kier molecular flexibility index (Phi) is 4.16. The van der Waals surface area contributed by atoms with Gasteiger partial charge in [-0.3, -0.25) is 4.90 Å². The normalized spacial score (nSPS) is 14.0. The minimum absolute atomic E-state index is 0.363. The van der Waals surface area contributed by atoms with Gasteiger partial charge < -0.3 is 19.5 Å². The third kappa shape index (κ3) is 3.32. The summed E-state index contributed by atoms with van der Waals surface area (Å²) in [5.74, 6) is 1.20. The molecule has 2 rings (SSSR count). The lowest BCUT2D eigenvalue weighted by molar-refractivity contribution is 0.0581. The van der Waals surface area contributed by atoms with Crippen molar-refractivity contribution in [3.05, 3.63) is 12.1 Å². The highest BCUT2D eigenvalue weighted by Gasteiger charge is 2.28. The quantitative estimate of drug-likeness (QED) is 0.909. The van der Waals surface area contributed by atoms with E-state index in [0.717, 1.165) is 11.4 Å². The average Bonchev–Trinajstić information content (AvgIpc) is 2.43. The molecule has 1 aromatic rings. The van der Waals surface area contributed by atoms with Crippen molar-refractivity contribution >= 4 is 17.5 Å². The second-order valence-corrected chi connectivity index (χ2v) is 5.78. The summed E-state index contributed by atoms with van der Waals surface area (Å²) in [5, 5.41) is 3.25. The van der Waals surface area contributed by atoms with Crippen molar-refractivity contribution in [3.8, 4) is 11.5 Å². The SMILES string of the molecule is COc1cc2c(cc1OC)N(C(=O)OC(C)(C)C)CCN2. The van der Waals surface area contributed by atoms with Gasteiger partial charge in [0.15, 0.2) is 11.5 Å².